The maximum absolute atomic E-state index is 12.2. The normalized spacial score (nSPS) is 14.8. The van der Waals surface area contributed by atoms with Crippen LogP contribution < -0.4 is 5.32 Å². The zero-order chi connectivity index (χ0) is 16.2. The Balaban J connectivity index is 2.52. The second-order valence-electron chi connectivity index (χ2n) is 6.84. The van der Waals surface area contributed by atoms with Crippen LogP contribution in [0.1, 0.15) is 51.1 Å². The predicted molar refractivity (Wildman–Crippen MR) is 81.9 cm³/mol. The van der Waals surface area contributed by atoms with Crippen LogP contribution in [0.3, 0.4) is 0 Å². The molecule has 0 fully saturated rings. The average Bonchev–Trinajstić information content (AvgIpc) is 2.66. The van der Waals surface area contributed by atoms with E-state index >= 15 is 0 Å². The number of aliphatic hydroxyl groups is 1. The molecule has 1 amide bonds. The summed E-state index contributed by atoms with van der Waals surface area (Å²) in [6.45, 7) is 12.1. The lowest BCUT2D eigenvalue weighted by atomic mass is 9.86. The van der Waals surface area contributed by atoms with E-state index in [4.69, 9.17) is 4.52 Å². The van der Waals surface area contributed by atoms with E-state index in [9.17, 15) is 9.90 Å². The first-order chi connectivity index (χ1) is 9.62. The molecule has 1 rings (SSSR count). The Labute approximate surface area is 127 Å². The number of carbonyl (C=O) groups is 1. The van der Waals surface area contributed by atoms with E-state index in [0.29, 0.717) is 19.4 Å². The van der Waals surface area contributed by atoms with Gasteiger partial charge in [-0.05, 0) is 39.0 Å². The fraction of sp³-hybridized carbons (Fsp3) is 0.750. The molecule has 0 aliphatic carbocycles. The van der Waals surface area contributed by atoms with Gasteiger partial charge < -0.3 is 14.9 Å². The van der Waals surface area contributed by atoms with Crippen molar-refractivity contribution in [2.75, 3.05) is 6.54 Å². The number of aryl methyl sites for hydroxylation is 2. The van der Waals surface area contributed by atoms with Gasteiger partial charge >= 0.3 is 0 Å². The highest BCUT2D eigenvalue weighted by molar-refractivity contribution is 5.78. The molecule has 1 aromatic rings. The van der Waals surface area contributed by atoms with Crippen LogP contribution in [0.4, 0.5) is 0 Å². The highest BCUT2D eigenvalue weighted by Gasteiger charge is 2.23. The lowest BCUT2D eigenvalue weighted by molar-refractivity contribution is -0.125. The summed E-state index contributed by atoms with van der Waals surface area (Å²) in [4.78, 5) is 12.2. The number of aromatic nitrogens is 1. The number of rotatable bonds is 7. The first-order valence-corrected chi connectivity index (χ1v) is 7.50. The van der Waals surface area contributed by atoms with Crippen molar-refractivity contribution < 1.29 is 14.4 Å². The lowest BCUT2D eigenvalue weighted by Crippen LogP contribution is -2.38. The summed E-state index contributed by atoms with van der Waals surface area (Å²) in [5.41, 5.74) is 1.74. The predicted octanol–water partition coefficient (Wildman–Crippen LogP) is 2.38. The lowest BCUT2D eigenvalue weighted by Gasteiger charge is -2.27. The second kappa shape index (κ2) is 7.07. The summed E-state index contributed by atoms with van der Waals surface area (Å²) >= 11 is 0. The molecule has 0 aliphatic rings. The molecule has 0 saturated carbocycles. The molecule has 120 valence electrons. The molecule has 1 aromatic heterocycles. The summed E-state index contributed by atoms with van der Waals surface area (Å²) < 4.78 is 5.12. The van der Waals surface area contributed by atoms with Crippen LogP contribution in [0.15, 0.2) is 4.52 Å². The topological polar surface area (TPSA) is 75.4 Å². The zero-order valence-corrected chi connectivity index (χ0v) is 14.0. The molecule has 0 aromatic carbocycles. The van der Waals surface area contributed by atoms with Crippen LogP contribution in [0.5, 0.6) is 0 Å². The van der Waals surface area contributed by atoms with Gasteiger partial charge in [0.2, 0.25) is 5.91 Å². The molecule has 2 unspecified atom stereocenters. The van der Waals surface area contributed by atoms with E-state index in [1.807, 2.05) is 34.6 Å². The molecule has 0 bridgehead atoms. The van der Waals surface area contributed by atoms with Gasteiger partial charge in [-0.25, -0.2) is 0 Å². The molecule has 5 nitrogen and oxygen atoms in total. The number of nitrogens with zero attached hydrogens (tertiary/aromatic N) is 1. The molecular weight excluding hydrogens is 268 g/mol. The second-order valence-corrected chi connectivity index (χ2v) is 6.84. The number of nitrogens with one attached hydrogen (secondary N) is 1. The maximum Gasteiger partial charge on any atom is 0.223 e. The first-order valence-electron chi connectivity index (χ1n) is 7.50. The largest absolute Gasteiger partial charge is 0.393 e. The van der Waals surface area contributed by atoms with Crippen molar-refractivity contribution in [3.8, 4) is 0 Å². The standard InChI is InChI=1S/C16H28N2O3/c1-10(7-14-12(3)18-21-13(14)4)15(20)17-9-16(5,6)8-11(2)19/h10-11,19H,7-9H2,1-6H3,(H,17,20). The third kappa shape index (κ3) is 5.50. The molecule has 0 spiro atoms. The average molecular weight is 296 g/mol. The van der Waals surface area contributed by atoms with E-state index in [-0.39, 0.29) is 23.3 Å². The Morgan fingerprint density at radius 3 is 2.48 bits per heavy atom. The van der Waals surface area contributed by atoms with Crippen LogP contribution in [-0.4, -0.2) is 28.8 Å². The summed E-state index contributed by atoms with van der Waals surface area (Å²) in [5.74, 6) is 0.666. The highest BCUT2D eigenvalue weighted by atomic mass is 16.5. The quantitative estimate of drug-likeness (QED) is 0.810. The van der Waals surface area contributed by atoms with Gasteiger partial charge in [-0.1, -0.05) is 25.9 Å². The third-order valence-electron chi connectivity index (χ3n) is 3.73. The van der Waals surface area contributed by atoms with Crippen molar-refractivity contribution in [3.63, 3.8) is 0 Å². The molecular formula is C16H28N2O3. The molecule has 0 saturated heterocycles. The van der Waals surface area contributed by atoms with Crippen molar-refractivity contribution in [2.24, 2.45) is 11.3 Å². The molecule has 21 heavy (non-hydrogen) atoms. The van der Waals surface area contributed by atoms with Gasteiger partial charge in [-0.2, -0.15) is 0 Å². The van der Waals surface area contributed by atoms with Crippen LogP contribution >= 0.6 is 0 Å². The minimum absolute atomic E-state index is 0.0219. The minimum atomic E-state index is -0.364. The van der Waals surface area contributed by atoms with Crippen molar-refractivity contribution in [3.05, 3.63) is 17.0 Å². The van der Waals surface area contributed by atoms with Crippen LogP contribution in [0.2, 0.25) is 0 Å². The Bertz CT molecular complexity index is 458. The maximum atomic E-state index is 12.2. The summed E-state index contributed by atoms with van der Waals surface area (Å²) in [6, 6.07) is 0. The number of aliphatic hydroxyl groups excluding tert-OH is 1. The van der Waals surface area contributed by atoms with Crippen LogP contribution in [0, 0.1) is 25.2 Å². The number of hydrogen-bond donors (Lipinski definition) is 2. The van der Waals surface area contributed by atoms with Crippen molar-refractivity contribution in [2.45, 2.75) is 60.5 Å². The van der Waals surface area contributed by atoms with E-state index in [1.54, 1.807) is 6.92 Å². The van der Waals surface area contributed by atoms with Gasteiger partial charge in [0.05, 0.1) is 11.8 Å². The van der Waals surface area contributed by atoms with Gasteiger partial charge in [-0.3, -0.25) is 4.79 Å². The SMILES string of the molecule is Cc1noc(C)c1CC(C)C(=O)NCC(C)(C)CC(C)O. The van der Waals surface area contributed by atoms with Crippen molar-refractivity contribution in [1.29, 1.82) is 0 Å². The summed E-state index contributed by atoms with van der Waals surface area (Å²) in [6.07, 6.45) is 0.923. The van der Waals surface area contributed by atoms with Crippen LogP contribution in [-0.2, 0) is 11.2 Å². The Kier molecular flexibility index (Phi) is 5.96. The van der Waals surface area contributed by atoms with Crippen LogP contribution in [0.25, 0.3) is 0 Å². The van der Waals surface area contributed by atoms with Gasteiger partial charge in [0, 0.05) is 18.0 Å². The highest BCUT2D eigenvalue weighted by Crippen LogP contribution is 2.22. The Hall–Kier alpha value is -1.36. The molecule has 5 heteroatoms. The molecule has 0 aliphatic heterocycles. The molecule has 2 N–H and O–H groups in total. The first kappa shape index (κ1) is 17.7. The Morgan fingerprint density at radius 1 is 1.38 bits per heavy atom. The zero-order valence-electron chi connectivity index (χ0n) is 14.0. The number of carbonyl (C=O) groups excluding carboxylic acids is 1. The van der Waals surface area contributed by atoms with Crippen molar-refractivity contribution in [1.82, 2.24) is 10.5 Å². The van der Waals surface area contributed by atoms with Gasteiger partial charge in [0.25, 0.3) is 0 Å². The van der Waals surface area contributed by atoms with Gasteiger partial charge in [-0.15, -0.1) is 0 Å². The molecule has 0 radical (unpaired) electrons. The van der Waals surface area contributed by atoms with Gasteiger partial charge in [0.1, 0.15) is 5.76 Å². The van der Waals surface area contributed by atoms with Crippen molar-refractivity contribution >= 4 is 5.91 Å². The van der Waals surface area contributed by atoms with E-state index in [2.05, 4.69) is 10.5 Å². The summed E-state index contributed by atoms with van der Waals surface area (Å²) in [5, 5.41) is 16.4. The van der Waals surface area contributed by atoms with Gasteiger partial charge in [0.15, 0.2) is 0 Å². The molecule has 1 heterocycles. The van der Waals surface area contributed by atoms with E-state index in [1.165, 1.54) is 0 Å². The van der Waals surface area contributed by atoms with E-state index < -0.39 is 0 Å². The number of hydrogen-bond acceptors (Lipinski definition) is 4. The summed E-state index contributed by atoms with van der Waals surface area (Å²) in [7, 11) is 0. The Morgan fingerprint density at radius 2 is 2.00 bits per heavy atom. The van der Waals surface area contributed by atoms with E-state index in [0.717, 1.165) is 17.0 Å². The fourth-order valence-corrected chi connectivity index (χ4v) is 2.56. The smallest absolute Gasteiger partial charge is 0.223 e. The number of amides is 1. The minimum Gasteiger partial charge on any atom is -0.393 e. The fourth-order valence-electron chi connectivity index (χ4n) is 2.56. The third-order valence-corrected chi connectivity index (χ3v) is 3.73. The molecule has 2 atom stereocenters. The monoisotopic (exact) mass is 296 g/mol.